The minimum atomic E-state index is 0.356. The van der Waals surface area contributed by atoms with Crippen LogP contribution in [0.15, 0.2) is 12.3 Å². The molecule has 3 aliphatic rings. The first-order valence-electron chi connectivity index (χ1n) is 8.49. The van der Waals surface area contributed by atoms with Gasteiger partial charge in [0.2, 0.25) is 5.91 Å². The quantitative estimate of drug-likeness (QED) is 0.840. The molecule has 2 aliphatic heterocycles. The third kappa shape index (κ3) is 2.57. The molecule has 22 heavy (non-hydrogen) atoms. The maximum absolute atomic E-state index is 12.1. The Hall–Kier alpha value is -1.65. The Morgan fingerprint density at radius 3 is 2.68 bits per heavy atom. The lowest BCUT2D eigenvalue weighted by molar-refractivity contribution is -0.139. The number of nitrogens with zero attached hydrogens (tertiary/aromatic N) is 4. The van der Waals surface area contributed by atoms with Gasteiger partial charge in [-0.1, -0.05) is 0 Å². The maximum atomic E-state index is 12.1. The zero-order chi connectivity index (χ0) is 15.2. The summed E-state index contributed by atoms with van der Waals surface area (Å²) in [6.07, 6.45) is 8.45. The second kappa shape index (κ2) is 5.21. The van der Waals surface area contributed by atoms with Crippen LogP contribution in [-0.2, 0) is 4.79 Å². The van der Waals surface area contributed by atoms with E-state index in [9.17, 15) is 4.79 Å². The van der Waals surface area contributed by atoms with Crippen molar-refractivity contribution in [3.8, 4) is 0 Å². The summed E-state index contributed by atoms with van der Waals surface area (Å²) in [5, 5.41) is 0. The first-order valence-corrected chi connectivity index (χ1v) is 8.49. The third-order valence-corrected chi connectivity index (χ3v) is 5.59. The highest BCUT2D eigenvalue weighted by atomic mass is 16.2. The van der Waals surface area contributed by atoms with E-state index in [-0.39, 0.29) is 0 Å². The van der Waals surface area contributed by atoms with E-state index in [4.69, 9.17) is 0 Å². The van der Waals surface area contributed by atoms with Crippen LogP contribution in [0, 0.1) is 12.3 Å². The van der Waals surface area contributed by atoms with Gasteiger partial charge in [-0.05, 0) is 50.5 Å². The van der Waals surface area contributed by atoms with Crippen LogP contribution in [0.1, 0.15) is 44.3 Å². The zero-order valence-electron chi connectivity index (χ0n) is 13.3. The van der Waals surface area contributed by atoms with E-state index in [2.05, 4.69) is 19.8 Å². The summed E-state index contributed by atoms with van der Waals surface area (Å²) >= 11 is 0. The van der Waals surface area contributed by atoms with Crippen molar-refractivity contribution in [2.45, 2.75) is 51.5 Å². The van der Waals surface area contributed by atoms with Crippen LogP contribution in [0.25, 0.3) is 0 Å². The summed E-state index contributed by atoms with van der Waals surface area (Å²) in [6.45, 7) is 5.02. The van der Waals surface area contributed by atoms with Gasteiger partial charge in [-0.25, -0.2) is 9.97 Å². The predicted molar refractivity (Wildman–Crippen MR) is 84.6 cm³/mol. The standard InChI is InChI=1S/C17H24N4O/c1-13-18-9-5-15(19-13)20-10-7-17(8-11-20)6-4-16(22)21(12-17)14-2-3-14/h5,9,14H,2-4,6-8,10-12H2,1H3. The van der Waals surface area contributed by atoms with Crippen molar-refractivity contribution in [1.82, 2.24) is 14.9 Å². The van der Waals surface area contributed by atoms with Crippen molar-refractivity contribution in [2.75, 3.05) is 24.5 Å². The monoisotopic (exact) mass is 300 g/mol. The Morgan fingerprint density at radius 1 is 1.23 bits per heavy atom. The van der Waals surface area contributed by atoms with Gasteiger partial charge in [-0.3, -0.25) is 4.79 Å². The molecule has 0 N–H and O–H groups in total. The number of aromatic nitrogens is 2. The molecule has 3 fully saturated rings. The number of piperidine rings is 2. The largest absolute Gasteiger partial charge is 0.356 e. The third-order valence-electron chi connectivity index (χ3n) is 5.59. The lowest BCUT2D eigenvalue weighted by Crippen LogP contribution is -2.52. The summed E-state index contributed by atoms with van der Waals surface area (Å²) in [5.41, 5.74) is 0.356. The minimum absolute atomic E-state index is 0.356. The minimum Gasteiger partial charge on any atom is -0.356 e. The number of rotatable bonds is 2. The Bertz CT molecular complexity index is 576. The van der Waals surface area contributed by atoms with Gasteiger partial charge in [0, 0.05) is 38.3 Å². The molecule has 4 rings (SSSR count). The summed E-state index contributed by atoms with van der Waals surface area (Å²) in [4.78, 5) is 25.4. The van der Waals surface area contributed by atoms with Gasteiger partial charge in [0.1, 0.15) is 11.6 Å². The Morgan fingerprint density at radius 2 is 2.00 bits per heavy atom. The van der Waals surface area contributed by atoms with E-state index in [1.165, 1.54) is 25.7 Å². The molecule has 2 saturated heterocycles. The van der Waals surface area contributed by atoms with Gasteiger partial charge in [0.15, 0.2) is 0 Å². The Kier molecular flexibility index (Phi) is 3.31. The van der Waals surface area contributed by atoms with Crippen molar-refractivity contribution in [2.24, 2.45) is 5.41 Å². The molecule has 3 heterocycles. The molecule has 1 saturated carbocycles. The fourth-order valence-corrected chi connectivity index (χ4v) is 4.00. The predicted octanol–water partition coefficient (Wildman–Crippen LogP) is 2.16. The first kappa shape index (κ1) is 14.0. The summed E-state index contributed by atoms with van der Waals surface area (Å²) < 4.78 is 0. The van der Waals surface area contributed by atoms with Gasteiger partial charge in [0.05, 0.1) is 0 Å². The second-order valence-electron chi connectivity index (χ2n) is 7.20. The van der Waals surface area contributed by atoms with Gasteiger partial charge in [-0.15, -0.1) is 0 Å². The molecular formula is C17H24N4O. The van der Waals surface area contributed by atoms with Crippen LogP contribution in [0.4, 0.5) is 5.82 Å². The second-order valence-corrected chi connectivity index (χ2v) is 7.20. The van der Waals surface area contributed by atoms with Crippen LogP contribution < -0.4 is 4.90 Å². The topological polar surface area (TPSA) is 49.3 Å². The van der Waals surface area contributed by atoms with Gasteiger partial charge in [-0.2, -0.15) is 0 Å². The first-order chi connectivity index (χ1) is 10.7. The number of anilines is 1. The normalized spacial score (nSPS) is 24.9. The van der Waals surface area contributed by atoms with Crippen LogP contribution in [0.3, 0.4) is 0 Å². The summed E-state index contributed by atoms with van der Waals surface area (Å²) in [7, 11) is 0. The lowest BCUT2D eigenvalue weighted by Gasteiger charge is -2.47. The molecule has 118 valence electrons. The van der Waals surface area contributed by atoms with E-state index in [0.29, 0.717) is 17.4 Å². The molecule has 0 unspecified atom stereocenters. The van der Waals surface area contributed by atoms with Crippen molar-refractivity contribution < 1.29 is 4.79 Å². The molecule has 1 spiro atoms. The van der Waals surface area contributed by atoms with E-state index >= 15 is 0 Å². The average Bonchev–Trinajstić information content (AvgIpc) is 3.36. The molecule has 1 aromatic rings. The molecular weight excluding hydrogens is 276 g/mol. The van der Waals surface area contributed by atoms with Crippen molar-refractivity contribution in [3.05, 3.63) is 18.1 Å². The number of carbonyl (C=O) groups excluding carboxylic acids is 1. The fraction of sp³-hybridized carbons (Fsp3) is 0.706. The highest BCUT2D eigenvalue weighted by molar-refractivity contribution is 5.78. The van der Waals surface area contributed by atoms with Crippen molar-refractivity contribution in [1.29, 1.82) is 0 Å². The van der Waals surface area contributed by atoms with E-state index in [1.807, 2.05) is 19.2 Å². The molecule has 1 aromatic heterocycles. The fourth-order valence-electron chi connectivity index (χ4n) is 4.00. The van der Waals surface area contributed by atoms with E-state index < -0.39 is 0 Å². The highest BCUT2D eigenvalue weighted by Gasteiger charge is 2.45. The zero-order valence-corrected chi connectivity index (χ0v) is 13.3. The number of likely N-dealkylation sites (tertiary alicyclic amines) is 1. The lowest BCUT2D eigenvalue weighted by atomic mass is 9.72. The molecule has 1 aliphatic carbocycles. The molecule has 5 heteroatoms. The van der Waals surface area contributed by atoms with Crippen LogP contribution in [-0.4, -0.2) is 46.5 Å². The summed E-state index contributed by atoms with van der Waals surface area (Å²) in [5.74, 6) is 2.27. The van der Waals surface area contributed by atoms with Crippen LogP contribution in [0.2, 0.25) is 0 Å². The molecule has 1 amide bonds. The number of amides is 1. The van der Waals surface area contributed by atoms with Crippen molar-refractivity contribution in [3.63, 3.8) is 0 Å². The molecule has 0 bridgehead atoms. The van der Waals surface area contributed by atoms with Crippen LogP contribution in [0.5, 0.6) is 0 Å². The number of aryl methyl sites for hydroxylation is 1. The maximum Gasteiger partial charge on any atom is 0.222 e. The highest BCUT2D eigenvalue weighted by Crippen LogP contribution is 2.43. The van der Waals surface area contributed by atoms with Crippen LogP contribution >= 0.6 is 0 Å². The SMILES string of the molecule is Cc1nccc(N2CCC3(CCC(=O)N(C4CC4)C3)CC2)n1. The number of carbonyl (C=O) groups is 1. The van der Waals surface area contributed by atoms with E-state index in [1.54, 1.807) is 0 Å². The van der Waals surface area contributed by atoms with Gasteiger partial charge < -0.3 is 9.80 Å². The van der Waals surface area contributed by atoms with Crippen molar-refractivity contribution >= 4 is 11.7 Å². The summed E-state index contributed by atoms with van der Waals surface area (Å²) in [6, 6.07) is 2.57. The van der Waals surface area contributed by atoms with E-state index in [0.717, 1.165) is 44.1 Å². The Balaban J connectivity index is 1.43. The molecule has 0 radical (unpaired) electrons. The number of hydrogen-bond acceptors (Lipinski definition) is 4. The molecule has 5 nitrogen and oxygen atoms in total. The number of hydrogen-bond donors (Lipinski definition) is 0. The average molecular weight is 300 g/mol. The van der Waals surface area contributed by atoms with Gasteiger partial charge >= 0.3 is 0 Å². The Labute approximate surface area is 131 Å². The van der Waals surface area contributed by atoms with Gasteiger partial charge in [0.25, 0.3) is 0 Å². The molecule has 0 aromatic carbocycles. The molecule has 0 atom stereocenters. The smallest absolute Gasteiger partial charge is 0.222 e.